The first-order valence-corrected chi connectivity index (χ1v) is 7.13. The summed E-state index contributed by atoms with van der Waals surface area (Å²) in [6.45, 7) is 4.90. The summed E-state index contributed by atoms with van der Waals surface area (Å²) in [5, 5.41) is 9.17. The second-order valence-electron chi connectivity index (χ2n) is 4.82. The number of nitrogens with one attached hydrogen (secondary N) is 3. The Hall–Kier alpha value is -1.25. The smallest absolute Gasteiger partial charge is 0.287 e. The van der Waals surface area contributed by atoms with Crippen LogP contribution in [0.2, 0.25) is 0 Å². The number of hydrogen-bond donors (Lipinski definition) is 3. The zero-order chi connectivity index (χ0) is 14.2. The van der Waals surface area contributed by atoms with Crippen molar-refractivity contribution in [3.05, 3.63) is 24.2 Å². The third-order valence-electron chi connectivity index (χ3n) is 3.00. The molecule has 0 aromatic carbocycles. The van der Waals surface area contributed by atoms with Crippen LogP contribution in [0.1, 0.15) is 30.3 Å². The van der Waals surface area contributed by atoms with Crippen molar-refractivity contribution in [2.75, 3.05) is 26.2 Å². The van der Waals surface area contributed by atoms with Gasteiger partial charge < -0.3 is 20.4 Å². The molecule has 0 saturated heterocycles. The van der Waals surface area contributed by atoms with Crippen LogP contribution in [0.4, 0.5) is 0 Å². The number of carbonyl (C=O) groups excluding carboxylic acids is 1. The Morgan fingerprint density at radius 3 is 2.71 bits per heavy atom. The molecule has 1 aromatic heterocycles. The first-order chi connectivity index (χ1) is 9.79. The van der Waals surface area contributed by atoms with E-state index in [0.717, 1.165) is 25.0 Å². The van der Waals surface area contributed by atoms with Crippen LogP contribution in [0.5, 0.6) is 0 Å². The zero-order valence-corrected chi connectivity index (χ0v) is 14.6. The lowest BCUT2D eigenvalue weighted by atomic mass is 10.4. The van der Waals surface area contributed by atoms with Gasteiger partial charge in [-0.25, -0.2) is 0 Å². The molecule has 1 saturated carbocycles. The van der Waals surface area contributed by atoms with Gasteiger partial charge in [0.2, 0.25) is 0 Å². The molecule has 1 aromatic rings. The van der Waals surface area contributed by atoms with Crippen molar-refractivity contribution in [3.8, 4) is 0 Å². The van der Waals surface area contributed by atoms with Crippen LogP contribution >= 0.6 is 24.0 Å². The predicted octanol–water partition coefficient (Wildman–Crippen LogP) is 1.59. The van der Waals surface area contributed by atoms with Gasteiger partial charge in [0.05, 0.1) is 6.26 Å². The Morgan fingerprint density at radius 1 is 1.33 bits per heavy atom. The molecule has 7 heteroatoms. The molecule has 0 spiro atoms. The van der Waals surface area contributed by atoms with Crippen molar-refractivity contribution in [2.45, 2.75) is 19.8 Å². The Labute approximate surface area is 142 Å². The first-order valence-electron chi connectivity index (χ1n) is 7.13. The van der Waals surface area contributed by atoms with E-state index >= 15 is 0 Å². The van der Waals surface area contributed by atoms with E-state index in [2.05, 4.69) is 20.9 Å². The van der Waals surface area contributed by atoms with E-state index in [9.17, 15) is 4.79 Å². The number of rotatable bonds is 7. The van der Waals surface area contributed by atoms with E-state index in [0.29, 0.717) is 18.8 Å². The molecule has 1 aliphatic rings. The summed E-state index contributed by atoms with van der Waals surface area (Å²) in [6, 6.07) is 3.34. The van der Waals surface area contributed by atoms with Crippen molar-refractivity contribution >= 4 is 35.8 Å². The summed E-state index contributed by atoms with van der Waals surface area (Å²) in [5.41, 5.74) is 0. The quantitative estimate of drug-likeness (QED) is 0.278. The fourth-order valence-electron chi connectivity index (χ4n) is 1.71. The zero-order valence-electron chi connectivity index (χ0n) is 12.2. The number of aliphatic imine (C=N–C) groups is 1. The van der Waals surface area contributed by atoms with Gasteiger partial charge in [0.25, 0.3) is 5.91 Å². The molecule has 0 bridgehead atoms. The lowest BCUT2D eigenvalue weighted by molar-refractivity contribution is 0.0926. The number of halogens is 1. The van der Waals surface area contributed by atoms with Crippen LogP contribution in [-0.2, 0) is 0 Å². The summed E-state index contributed by atoms with van der Waals surface area (Å²) in [7, 11) is 0. The summed E-state index contributed by atoms with van der Waals surface area (Å²) in [5.74, 6) is 1.71. The van der Waals surface area contributed by atoms with Crippen LogP contribution in [-0.4, -0.2) is 38.0 Å². The molecule has 0 atom stereocenters. The lowest BCUT2D eigenvalue weighted by Crippen LogP contribution is -2.41. The molecule has 1 fully saturated rings. The molecule has 0 aliphatic heterocycles. The SMILES string of the molecule is CCNC(=NCC1CC1)NCCNC(=O)c1ccco1.I. The molecule has 0 radical (unpaired) electrons. The maximum Gasteiger partial charge on any atom is 0.287 e. The fourth-order valence-corrected chi connectivity index (χ4v) is 1.71. The topological polar surface area (TPSA) is 78.7 Å². The van der Waals surface area contributed by atoms with Gasteiger partial charge in [0, 0.05) is 26.2 Å². The number of carbonyl (C=O) groups is 1. The Morgan fingerprint density at radius 2 is 2.10 bits per heavy atom. The maximum absolute atomic E-state index is 11.6. The van der Waals surface area contributed by atoms with E-state index in [1.165, 1.54) is 19.1 Å². The normalized spacial score (nSPS) is 14.2. The van der Waals surface area contributed by atoms with Crippen molar-refractivity contribution in [1.29, 1.82) is 0 Å². The van der Waals surface area contributed by atoms with E-state index in [1.54, 1.807) is 12.1 Å². The Kier molecular flexibility index (Phi) is 8.17. The third-order valence-corrected chi connectivity index (χ3v) is 3.00. The minimum absolute atomic E-state index is 0. The van der Waals surface area contributed by atoms with E-state index in [4.69, 9.17) is 4.42 Å². The van der Waals surface area contributed by atoms with Crippen LogP contribution in [0.3, 0.4) is 0 Å². The van der Waals surface area contributed by atoms with E-state index in [1.807, 2.05) is 6.92 Å². The highest BCUT2D eigenvalue weighted by atomic mass is 127. The molecule has 3 N–H and O–H groups in total. The summed E-state index contributed by atoms with van der Waals surface area (Å²) >= 11 is 0. The van der Waals surface area contributed by atoms with Gasteiger partial charge in [-0.05, 0) is 37.8 Å². The Bertz CT molecular complexity index is 444. The number of hydrogen-bond acceptors (Lipinski definition) is 3. The van der Waals surface area contributed by atoms with Crippen LogP contribution in [0.25, 0.3) is 0 Å². The standard InChI is InChI=1S/C14H22N4O2.HI/c1-2-15-14(18-10-11-5-6-11)17-8-7-16-13(19)12-4-3-9-20-12;/h3-4,9,11H,2,5-8,10H2,1H3,(H,16,19)(H2,15,17,18);1H. The highest BCUT2D eigenvalue weighted by molar-refractivity contribution is 14.0. The minimum atomic E-state index is -0.197. The molecule has 0 unspecified atom stereocenters. The van der Waals surface area contributed by atoms with E-state index in [-0.39, 0.29) is 29.9 Å². The van der Waals surface area contributed by atoms with Crippen molar-refractivity contribution < 1.29 is 9.21 Å². The molecule has 1 aliphatic carbocycles. The average Bonchev–Trinajstić information content (AvgIpc) is 3.11. The average molecular weight is 406 g/mol. The number of guanidine groups is 1. The number of furan rings is 1. The lowest BCUT2D eigenvalue weighted by Gasteiger charge is -2.11. The maximum atomic E-state index is 11.6. The predicted molar refractivity (Wildman–Crippen MR) is 93.2 cm³/mol. The van der Waals surface area contributed by atoms with Crippen LogP contribution < -0.4 is 16.0 Å². The summed E-state index contributed by atoms with van der Waals surface area (Å²) < 4.78 is 5.02. The monoisotopic (exact) mass is 406 g/mol. The highest BCUT2D eigenvalue weighted by Crippen LogP contribution is 2.28. The first kappa shape index (κ1) is 17.8. The minimum Gasteiger partial charge on any atom is -0.459 e. The molecule has 6 nitrogen and oxygen atoms in total. The van der Waals surface area contributed by atoms with Crippen LogP contribution in [0.15, 0.2) is 27.8 Å². The highest BCUT2D eigenvalue weighted by Gasteiger charge is 2.20. The fraction of sp³-hybridized carbons (Fsp3) is 0.571. The second kappa shape index (κ2) is 9.64. The number of amides is 1. The van der Waals surface area contributed by atoms with Gasteiger partial charge in [0.1, 0.15) is 0 Å². The largest absolute Gasteiger partial charge is 0.459 e. The van der Waals surface area contributed by atoms with Crippen molar-refractivity contribution in [2.24, 2.45) is 10.9 Å². The summed E-state index contributed by atoms with van der Waals surface area (Å²) in [4.78, 5) is 16.1. The van der Waals surface area contributed by atoms with Gasteiger partial charge in [-0.1, -0.05) is 0 Å². The third kappa shape index (κ3) is 6.83. The van der Waals surface area contributed by atoms with Crippen molar-refractivity contribution in [1.82, 2.24) is 16.0 Å². The Balaban J connectivity index is 0.00000220. The van der Waals surface area contributed by atoms with Gasteiger partial charge >= 0.3 is 0 Å². The summed E-state index contributed by atoms with van der Waals surface area (Å²) in [6.07, 6.45) is 4.07. The number of nitrogens with zero attached hydrogens (tertiary/aromatic N) is 1. The van der Waals surface area contributed by atoms with Crippen molar-refractivity contribution in [3.63, 3.8) is 0 Å². The second-order valence-corrected chi connectivity index (χ2v) is 4.82. The van der Waals surface area contributed by atoms with Crippen LogP contribution in [0, 0.1) is 5.92 Å². The van der Waals surface area contributed by atoms with Gasteiger partial charge in [-0.2, -0.15) is 0 Å². The van der Waals surface area contributed by atoms with Gasteiger partial charge in [0.15, 0.2) is 11.7 Å². The molecule has 2 rings (SSSR count). The van der Waals surface area contributed by atoms with Gasteiger partial charge in [-0.15, -0.1) is 24.0 Å². The molecular formula is C14H23IN4O2. The molecule has 118 valence electrons. The van der Waals surface area contributed by atoms with Gasteiger partial charge in [-0.3, -0.25) is 9.79 Å². The molecule has 1 amide bonds. The molecule has 1 heterocycles. The molecular weight excluding hydrogens is 383 g/mol. The molecule has 21 heavy (non-hydrogen) atoms. The van der Waals surface area contributed by atoms with E-state index < -0.39 is 0 Å².